The summed E-state index contributed by atoms with van der Waals surface area (Å²) in [6.07, 6.45) is 4.55. The van der Waals surface area contributed by atoms with Crippen LogP contribution in [0.25, 0.3) is 0 Å². The maximum atomic E-state index is 5.46. The van der Waals surface area contributed by atoms with Crippen LogP contribution in [0.3, 0.4) is 0 Å². The maximum absolute atomic E-state index is 5.46. The topological polar surface area (TPSA) is 65.7 Å². The molecule has 0 saturated heterocycles. The summed E-state index contributed by atoms with van der Waals surface area (Å²) < 4.78 is 5.46. The van der Waals surface area contributed by atoms with E-state index in [1.165, 1.54) is 16.0 Å². The van der Waals surface area contributed by atoms with E-state index >= 15 is 0 Å². The Morgan fingerprint density at radius 1 is 1.13 bits per heavy atom. The summed E-state index contributed by atoms with van der Waals surface area (Å²) in [7, 11) is 2.11. The van der Waals surface area contributed by atoms with Crippen molar-refractivity contribution in [2.24, 2.45) is 4.99 Å². The van der Waals surface area contributed by atoms with Crippen molar-refractivity contribution in [2.75, 3.05) is 20.1 Å². The monoisotopic (exact) mass is 425 g/mol. The van der Waals surface area contributed by atoms with Crippen molar-refractivity contribution in [3.05, 3.63) is 75.6 Å². The van der Waals surface area contributed by atoms with Crippen LogP contribution in [0.5, 0.6) is 0 Å². The first-order chi connectivity index (χ1) is 14.6. The van der Waals surface area contributed by atoms with Crippen molar-refractivity contribution >= 4 is 17.3 Å². The van der Waals surface area contributed by atoms with Crippen LogP contribution in [0.4, 0.5) is 0 Å². The van der Waals surface area contributed by atoms with Gasteiger partial charge >= 0.3 is 0 Å². The molecule has 30 heavy (non-hydrogen) atoms. The Kier molecular flexibility index (Phi) is 8.47. The van der Waals surface area contributed by atoms with Crippen LogP contribution in [-0.4, -0.2) is 36.0 Å². The van der Waals surface area contributed by atoms with Gasteiger partial charge < -0.3 is 15.1 Å². The first kappa shape index (κ1) is 22.1. The van der Waals surface area contributed by atoms with E-state index in [0.717, 1.165) is 49.3 Å². The first-order valence-corrected chi connectivity index (χ1v) is 11.2. The Labute approximate surface area is 183 Å². The third kappa shape index (κ3) is 7.00. The molecule has 7 heteroatoms. The standard InChI is InChI=1S/C23H31N5OS/c1-4-24-23(25-12-11-22-26-14-18(2)30-22)27-15-19-8-5-6-9-20(19)16-28(3)17-21-10-7-13-29-21/h5-10,13-14H,4,11-12,15-17H2,1-3H3,(H2,24,25,27). The van der Waals surface area contributed by atoms with Crippen molar-refractivity contribution in [1.29, 1.82) is 0 Å². The molecule has 0 unspecified atom stereocenters. The lowest BCUT2D eigenvalue weighted by molar-refractivity contribution is 0.287. The summed E-state index contributed by atoms with van der Waals surface area (Å²) >= 11 is 1.75. The molecule has 0 fully saturated rings. The zero-order valence-corrected chi connectivity index (χ0v) is 18.8. The molecule has 0 radical (unpaired) electrons. The molecule has 0 amide bonds. The van der Waals surface area contributed by atoms with Gasteiger partial charge in [0.2, 0.25) is 0 Å². The van der Waals surface area contributed by atoms with E-state index in [2.05, 4.69) is 65.7 Å². The van der Waals surface area contributed by atoms with Gasteiger partial charge in [-0.3, -0.25) is 4.90 Å². The number of rotatable bonds is 10. The Morgan fingerprint density at radius 3 is 2.67 bits per heavy atom. The predicted octanol–water partition coefficient (Wildman–Crippen LogP) is 3.97. The third-order valence-electron chi connectivity index (χ3n) is 4.62. The zero-order chi connectivity index (χ0) is 21.2. The van der Waals surface area contributed by atoms with Crippen LogP contribution >= 0.6 is 11.3 Å². The predicted molar refractivity (Wildman–Crippen MR) is 124 cm³/mol. The second kappa shape index (κ2) is 11.5. The minimum absolute atomic E-state index is 0.635. The van der Waals surface area contributed by atoms with E-state index in [-0.39, 0.29) is 0 Å². The molecular weight excluding hydrogens is 394 g/mol. The van der Waals surface area contributed by atoms with E-state index < -0.39 is 0 Å². The van der Waals surface area contributed by atoms with Crippen molar-refractivity contribution < 1.29 is 4.42 Å². The lowest BCUT2D eigenvalue weighted by Gasteiger charge is -2.17. The van der Waals surface area contributed by atoms with Crippen LogP contribution in [0.2, 0.25) is 0 Å². The number of aliphatic imine (C=N–C) groups is 1. The van der Waals surface area contributed by atoms with E-state index in [1.807, 2.05) is 18.3 Å². The fourth-order valence-electron chi connectivity index (χ4n) is 3.19. The van der Waals surface area contributed by atoms with Gasteiger partial charge in [0.15, 0.2) is 5.96 Å². The quantitative estimate of drug-likeness (QED) is 0.380. The molecule has 0 saturated carbocycles. The number of aromatic nitrogens is 1. The Bertz CT molecular complexity index is 919. The normalized spacial score (nSPS) is 11.8. The molecule has 160 valence electrons. The number of hydrogen-bond acceptors (Lipinski definition) is 5. The highest BCUT2D eigenvalue weighted by atomic mass is 32.1. The second-order valence-electron chi connectivity index (χ2n) is 7.26. The Hall–Kier alpha value is -2.64. The van der Waals surface area contributed by atoms with Crippen molar-refractivity contribution in [1.82, 2.24) is 20.5 Å². The first-order valence-electron chi connectivity index (χ1n) is 10.3. The lowest BCUT2D eigenvalue weighted by atomic mass is 10.1. The molecule has 0 spiro atoms. The number of guanidine groups is 1. The molecule has 2 heterocycles. The van der Waals surface area contributed by atoms with Crippen LogP contribution in [0.15, 0.2) is 58.3 Å². The number of nitrogens with one attached hydrogen (secondary N) is 2. The highest BCUT2D eigenvalue weighted by Crippen LogP contribution is 2.14. The van der Waals surface area contributed by atoms with Crippen molar-refractivity contribution in [3.8, 4) is 0 Å². The average Bonchev–Trinajstić information content (AvgIpc) is 3.38. The zero-order valence-electron chi connectivity index (χ0n) is 18.0. The highest BCUT2D eigenvalue weighted by molar-refractivity contribution is 7.11. The summed E-state index contributed by atoms with van der Waals surface area (Å²) in [6, 6.07) is 12.4. The van der Waals surface area contributed by atoms with Crippen LogP contribution in [0, 0.1) is 6.92 Å². The van der Waals surface area contributed by atoms with Crippen LogP contribution in [-0.2, 0) is 26.1 Å². The molecule has 2 aromatic heterocycles. The van der Waals surface area contributed by atoms with Gasteiger partial charge in [-0.1, -0.05) is 24.3 Å². The molecule has 0 aliphatic rings. The van der Waals surface area contributed by atoms with Gasteiger partial charge in [0.25, 0.3) is 0 Å². The second-order valence-corrected chi connectivity index (χ2v) is 8.58. The van der Waals surface area contributed by atoms with E-state index in [1.54, 1.807) is 17.6 Å². The van der Waals surface area contributed by atoms with Gasteiger partial charge in [-0.25, -0.2) is 9.98 Å². The average molecular weight is 426 g/mol. The number of furan rings is 1. The molecule has 1 aromatic carbocycles. The largest absolute Gasteiger partial charge is 0.468 e. The van der Waals surface area contributed by atoms with Crippen molar-refractivity contribution in [2.45, 2.75) is 39.9 Å². The number of thiazole rings is 1. The van der Waals surface area contributed by atoms with Gasteiger partial charge in [0.1, 0.15) is 5.76 Å². The molecule has 3 aromatic rings. The summed E-state index contributed by atoms with van der Waals surface area (Å²) in [4.78, 5) is 12.7. The fraction of sp³-hybridized carbons (Fsp3) is 0.391. The Balaban J connectivity index is 1.57. The minimum atomic E-state index is 0.635. The molecule has 2 N–H and O–H groups in total. The smallest absolute Gasteiger partial charge is 0.191 e. The van der Waals surface area contributed by atoms with Gasteiger partial charge in [-0.05, 0) is 44.2 Å². The minimum Gasteiger partial charge on any atom is -0.468 e. The summed E-state index contributed by atoms with van der Waals surface area (Å²) in [5.41, 5.74) is 2.51. The molecule has 0 aliphatic carbocycles. The van der Waals surface area contributed by atoms with Crippen LogP contribution < -0.4 is 10.6 Å². The van der Waals surface area contributed by atoms with Gasteiger partial charge in [-0.2, -0.15) is 0 Å². The highest BCUT2D eigenvalue weighted by Gasteiger charge is 2.08. The van der Waals surface area contributed by atoms with E-state index in [4.69, 9.17) is 9.41 Å². The summed E-state index contributed by atoms with van der Waals surface area (Å²) in [6.45, 7) is 8.08. The maximum Gasteiger partial charge on any atom is 0.191 e. The third-order valence-corrected chi connectivity index (χ3v) is 5.59. The molecular formula is C23H31N5OS. The molecule has 3 rings (SSSR count). The number of nitrogens with zero attached hydrogens (tertiary/aromatic N) is 3. The van der Waals surface area contributed by atoms with Crippen LogP contribution in [0.1, 0.15) is 33.7 Å². The molecule has 6 nitrogen and oxygen atoms in total. The lowest BCUT2D eigenvalue weighted by Crippen LogP contribution is -2.38. The van der Waals surface area contributed by atoms with Gasteiger partial charge in [0.05, 0.1) is 24.4 Å². The SMILES string of the molecule is CCNC(=NCc1ccccc1CN(C)Cc1ccco1)NCCc1ncc(C)s1. The molecule has 0 bridgehead atoms. The fourth-order valence-corrected chi connectivity index (χ4v) is 3.98. The summed E-state index contributed by atoms with van der Waals surface area (Å²) in [5, 5.41) is 7.91. The van der Waals surface area contributed by atoms with Crippen molar-refractivity contribution in [3.63, 3.8) is 0 Å². The molecule has 0 atom stereocenters. The molecule has 0 aliphatic heterocycles. The van der Waals surface area contributed by atoms with Gasteiger partial charge in [0, 0.05) is 37.1 Å². The summed E-state index contributed by atoms with van der Waals surface area (Å²) in [5.74, 6) is 1.81. The number of hydrogen-bond donors (Lipinski definition) is 2. The van der Waals surface area contributed by atoms with E-state index in [0.29, 0.717) is 6.54 Å². The van der Waals surface area contributed by atoms with E-state index in [9.17, 15) is 0 Å². The number of benzene rings is 1. The van der Waals surface area contributed by atoms with Gasteiger partial charge in [-0.15, -0.1) is 11.3 Å². The Morgan fingerprint density at radius 2 is 1.97 bits per heavy atom. The number of aryl methyl sites for hydroxylation is 1.